The van der Waals surface area contributed by atoms with Crippen molar-refractivity contribution in [2.75, 3.05) is 0 Å². The highest BCUT2D eigenvalue weighted by Crippen LogP contribution is 1.76. The average molecular weight is 144 g/mol. The van der Waals surface area contributed by atoms with Gasteiger partial charge in [-0.25, -0.2) is 0 Å². The normalized spacial score (nSPS) is 10.8. The maximum absolute atomic E-state index is 8.14. The first-order valence-corrected chi connectivity index (χ1v) is 2.47. The Kier molecular flexibility index (Phi) is 3.63. The van der Waals surface area contributed by atoms with Crippen molar-refractivity contribution in [3.63, 3.8) is 0 Å². The van der Waals surface area contributed by atoms with E-state index >= 15 is 0 Å². The van der Waals surface area contributed by atoms with E-state index in [9.17, 15) is 0 Å². The molecule has 4 nitrogen and oxygen atoms in total. The lowest BCUT2D eigenvalue weighted by Crippen LogP contribution is -1.87. The van der Waals surface area contributed by atoms with Gasteiger partial charge in [0.25, 0.3) is 0 Å². The summed E-state index contributed by atoms with van der Waals surface area (Å²) in [5.74, 6) is -1.66. The Morgan fingerprint density at radius 3 is 1.40 bits per heavy atom. The summed E-state index contributed by atoms with van der Waals surface area (Å²) in [6.07, 6.45) is 4.45. The summed E-state index contributed by atoms with van der Waals surface area (Å²) in [5, 5.41) is 16.3. The van der Waals surface area contributed by atoms with Crippen LogP contribution in [0.4, 0.5) is 0 Å². The lowest BCUT2D eigenvalue weighted by Gasteiger charge is -1.67. The molecule has 0 bridgehead atoms. The van der Waals surface area contributed by atoms with Gasteiger partial charge in [-0.3, -0.25) is 0 Å². The molecule has 0 rings (SSSR count). The van der Waals surface area contributed by atoms with Crippen molar-refractivity contribution in [1.29, 1.82) is 0 Å². The van der Waals surface area contributed by atoms with Crippen molar-refractivity contribution in [3.8, 4) is 0 Å². The molecule has 0 atom stereocenters. The number of hydrogen-bond donors (Lipinski definition) is 2. The van der Waals surface area contributed by atoms with E-state index in [0.717, 1.165) is 12.2 Å². The van der Waals surface area contributed by atoms with Crippen molar-refractivity contribution in [1.82, 2.24) is 0 Å². The van der Waals surface area contributed by atoms with Crippen LogP contribution in [-0.4, -0.2) is 31.7 Å². The molecule has 0 aromatic carbocycles. The molecule has 10 heavy (non-hydrogen) atoms. The molecule has 54 valence electrons. The first-order chi connectivity index (χ1) is 4.63. The molecule has 0 aromatic rings. The van der Waals surface area contributed by atoms with Gasteiger partial charge < -0.3 is 19.8 Å². The molecule has 0 heterocycles. The van der Waals surface area contributed by atoms with Gasteiger partial charge in [0.1, 0.15) is 0 Å². The number of carboxylic acids is 2. The molecule has 0 aliphatic carbocycles. The smallest absolute Gasteiger partial charge is 0.336 e. The molecule has 4 N–H and O–H groups in total. The molecular weight excluding hydrogens is 136 g/mol. The Bertz CT molecular complexity index is 168. The monoisotopic (exact) mass is 144 g/mol. The predicted molar refractivity (Wildman–Crippen MR) is 37.4 cm³/mol. The minimum absolute atomic E-state index is 0.831. The zero-order chi connectivity index (χ0) is 7.98. The van der Waals surface area contributed by atoms with Crippen LogP contribution in [0.1, 0.15) is 0 Å². The van der Waals surface area contributed by atoms with E-state index in [4.69, 9.17) is 19.8 Å². The summed E-state index contributed by atoms with van der Waals surface area (Å²) in [5.41, 5.74) is 0. The summed E-state index contributed by atoms with van der Waals surface area (Å²) >= 11 is 0. The minimum Gasteiger partial charge on any atom is -0.336 e. The van der Waals surface area contributed by atoms with Crippen LogP contribution < -0.4 is 0 Å². The third-order valence-electron chi connectivity index (χ3n) is 0.602. The summed E-state index contributed by atoms with van der Waals surface area (Å²) in [6.45, 7) is 0. The lowest BCUT2D eigenvalue weighted by molar-refractivity contribution is 0.465. The fourth-order valence-electron chi connectivity index (χ4n) is 0.283. The predicted octanol–water partition coefficient (Wildman–Crippen LogP) is 0.220. The minimum atomic E-state index is -0.831. The van der Waals surface area contributed by atoms with Gasteiger partial charge in [0.2, 0.25) is 0 Å². The van der Waals surface area contributed by atoms with Crippen molar-refractivity contribution in [2.45, 2.75) is 0 Å². The van der Waals surface area contributed by atoms with Gasteiger partial charge in [0.15, 0.2) is 0 Å². The van der Waals surface area contributed by atoms with E-state index < -0.39 is 11.9 Å². The van der Waals surface area contributed by atoms with Crippen LogP contribution in [0.25, 0.3) is 0 Å². The largest absolute Gasteiger partial charge is 0.507 e. The maximum atomic E-state index is 8.14. The average Bonchev–Trinajstić information content (AvgIpc) is 1.79. The van der Waals surface area contributed by atoms with Crippen molar-refractivity contribution in [2.24, 2.45) is 0 Å². The molecule has 0 aliphatic rings. The van der Waals surface area contributed by atoms with Crippen LogP contribution in [0, 0.1) is 0 Å². The SMILES string of the molecule is OC(=[OH+])/C=C\C=C\C(O)=[OH+]. The Morgan fingerprint density at radius 2 is 1.20 bits per heavy atom. The molecule has 0 fully saturated rings. The van der Waals surface area contributed by atoms with Gasteiger partial charge in [-0.1, -0.05) is 0 Å². The van der Waals surface area contributed by atoms with Crippen LogP contribution in [0.3, 0.4) is 0 Å². The Balaban J connectivity index is 3.73. The highest BCUT2D eigenvalue weighted by atomic mass is 16.4. The number of carboxylic acid groups (broad SMARTS) is 2. The highest BCUT2D eigenvalue weighted by Gasteiger charge is 1.93. The van der Waals surface area contributed by atoms with E-state index in [0.29, 0.717) is 0 Å². The van der Waals surface area contributed by atoms with Crippen LogP contribution in [-0.2, 0) is 0 Å². The van der Waals surface area contributed by atoms with Crippen LogP contribution in [0.2, 0.25) is 0 Å². The van der Waals surface area contributed by atoms with Crippen molar-refractivity contribution < 1.29 is 19.8 Å². The molecule has 0 aromatic heterocycles. The van der Waals surface area contributed by atoms with Gasteiger partial charge in [-0.05, 0) is 12.2 Å². The lowest BCUT2D eigenvalue weighted by atomic mass is 10.4. The van der Waals surface area contributed by atoms with Gasteiger partial charge in [-0.15, -0.1) is 0 Å². The van der Waals surface area contributed by atoms with E-state index in [1.54, 1.807) is 0 Å². The highest BCUT2D eigenvalue weighted by molar-refractivity contribution is 5.83. The Labute approximate surface area is 57.1 Å². The topological polar surface area (TPSA) is 83.3 Å². The molecule has 0 unspecified atom stereocenters. The van der Waals surface area contributed by atoms with Crippen molar-refractivity contribution in [3.05, 3.63) is 24.3 Å². The zero-order valence-corrected chi connectivity index (χ0v) is 5.10. The molecule has 0 radical (unpaired) electrons. The third kappa shape index (κ3) is 6.42. The van der Waals surface area contributed by atoms with E-state index in [-0.39, 0.29) is 0 Å². The maximum Gasteiger partial charge on any atom is 0.507 e. The van der Waals surface area contributed by atoms with E-state index in [2.05, 4.69) is 0 Å². The van der Waals surface area contributed by atoms with Crippen LogP contribution >= 0.6 is 0 Å². The number of aliphatic hydroxyl groups excluding tert-OH is 2. The Morgan fingerprint density at radius 1 is 0.900 bits per heavy atom. The molecule has 0 amide bonds. The second kappa shape index (κ2) is 4.31. The zero-order valence-electron chi connectivity index (χ0n) is 5.10. The van der Waals surface area contributed by atoms with Gasteiger partial charge >= 0.3 is 11.9 Å². The second-order valence-electron chi connectivity index (χ2n) is 1.43. The molecule has 0 saturated carbocycles. The molecule has 0 spiro atoms. The number of hydrogen-bond acceptors (Lipinski definition) is 0. The summed E-state index contributed by atoms with van der Waals surface area (Å²) in [4.78, 5) is 16.3. The summed E-state index contributed by atoms with van der Waals surface area (Å²) in [7, 11) is 0. The summed E-state index contributed by atoms with van der Waals surface area (Å²) in [6, 6.07) is 0. The molecular formula is C6H8O4+2. The van der Waals surface area contributed by atoms with Crippen LogP contribution in [0.15, 0.2) is 24.3 Å². The van der Waals surface area contributed by atoms with Crippen LogP contribution in [0.5, 0.6) is 0 Å². The molecule has 4 heteroatoms. The molecule has 0 saturated heterocycles. The first kappa shape index (κ1) is 8.42. The fourth-order valence-corrected chi connectivity index (χ4v) is 0.283. The summed E-state index contributed by atoms with van der Waals surface area (Å²) < 4.78 is 0. The standard InChI is InChI=1S/C6H6O4/c7-5(8)3-1-2-4-6(9)10/h1-4H,(H,7,8)(H,9,10)/p+2/b3-1-,4-2+. The van der Waals surface area contributed by atoms with E-state index in [1.807, 2.05) is 0 Å². The third-order valence-corrected chi connectivity index (χ3v) is 0.602. The number of allylic oxidation sites excluding steroid dienone is 2. The fraction of sp³-hybridized carbons (Fsp3) is 0. The quantitative estimate of drug-likeness (QED) is 0.337. The first-order valence-electron chi connectivity index (χ1n) is 2.47. The number of aliphatic carboxylic acids is 2. The Hall–Kier alpha value is -1.58. The van der Waals surface area contributed by atoms with Gasteiger partial charge in [-0.2, -0.15) is 0 Å². The van der Waals surface area contributed by atoms with Gasteiger partial charge in [0.05, 0.1) is 12.2 Å². The number of rotatable bonds is 3. The van der Waals surface area contributed by atoms with Gasteiger partial charge in [0, 0.05) is 0 Å². The second-order valence-corrected chi connectivity index (χ2v) is 1.43. The molecule has 0 aliphatic heterocycles. The van der Waals surface area contributed by atoms with E-state index in [1.165, 1.54) is 12.2 Å². The van der Waals surface area contributed by atoms with Crippen molar-refractivity contribution >= 4 is 11.9 Å².